The second-order valence-corrected chi connectivity index (χ2v) is 6.50. The van der Waals surface area contributed by atoms with Crippen molar-refractivity contribution in [3.8, 4) is 5.75 Å². The van der Waals surface area contributed by atoms with Gasteiger partial charge in [-0.1, -0.05) is 12.8 Å². The summed E-state index contributed by atoms with van der Waals surface area (Å²) in [5.41, 5.74) is 0.476. The Hall–Kier alpha value is -0.740. The fourth-order valence-corrected chi connectivity index (χ4v) is 3.39. The minimum absolute atomic E-state index is 0.0777. The molecule has 0 radical (unpaired) electrons. The van der Waals surface area contributed by atoms with E-state index in [-0.39, 0.29) is 11.7 Å². The van der Waals surface area contributed by atoms with Gasteiger partial charge in [0.1, 0.15) is 5.75 Å². The van der Waals surface area contributed by atoms with Gasteiger partial charge >= 0.3 is 0 Å². The molecule has 2 atom stereocenters. The van der Waals surface area contributed by atoms with Crippen LogP contribution in [0.3, 0.4) is 0 Å². The van der Waals surface area contributed by atoms with Gasteiger partial charge in [0, 0.05) is 18.0 Å². The van der Waals surface area contributed by atoms with Crippen molar-refractivity contribution in [1.29, 1.82) is 0 Å². The van der Waals surface area contributed by atoms with Gasteiger partial charge in [0.2, 0.25) is 0 Å². The highest BCUT2D eigenvalue weighted by atomic mass is 79.9. The van der Waals surface area contributed by atoms with Gasteiger partial charge in [-0.3, -0.25) is 4.79 Å². The molecule has 0 saturated heterocycles. The molecule has 1 aliphatic rings. The summed E-state index contributed by atoms with van der Waals surface area (Å²) >= 11 is 9.20. The van der Waals surface area contributed by atoms with Crippen molar-refractivity contribution in [3.05, 3.63) is 28.2 Å². The zero-order chi connectivity index (χ0) is 14.5. The minimum atomic E-state index is -0.147. The van der Waals surface area contributed by atoms with Crippen molar-refractivity contribution in [2.45, 2.75) is 25.7 Å². The Balaban J connectivity index is 1.92. The maximum absolute atomic E-state index is 12.1. The van der Waals surface area contributed by atoms with Crippen molar-refractivity contribution >= 4 is 33.4 Å². The van der Waals surface area contributed by atoms with E-state index < -0.39 is 0 Å². The lowest BCUT2D eigenvalue weighted by Crippen LogP contribution is -2.34. The molecule has 110 valence electrons. The Morgan fingerprint density at radius 2 is 2.05 bits per heavy atom. The molecular formula is C15H19BrClNO2. The molecule has 20 heavy (non-hydrogen) atoms. The fraction of sp³-hybridized carbons (Fsp3) is 0.533. The number of amides is 1. The molecule has 2 rings (SSSR count). The van der Waals surface area contributed by atoms with Crippen LogP contribution in [0.2, 0.25) is 0 Å². The first-order valence-corrected chi connectivity index (χ1v) is 8.27. The van der Waals surface area contributed by atoms with Crippen LogP contribution in [-0.2, 0) is 0 Å². The molecule has 0 heterocycles. The predicted octanol–water partition coefficient (Wildman–Crippen LogP) is 3.93. The molecule has 0 aliphatic heterocycles. The van der Waals surface area contributed by atoms with E-state index in [1.807, 2.05) is 0 Å². The molecule has 1 amide bonds. The second kappa shape index (κ2) is 7.32. The largest absolute Gasteiger partial charge is 0.507 e. The lowest BCUT2D eigenvalue weighted by molar-refractivity contribution is 0.0936. The Bertz CT molecular complexity index is 481. The quantitative estimate of drug-likeness (QED) is 0.799. The number of carbonyl (C=O) groups excluding carboxylic acids is 1. The SMILES string of the molecule is O=C(NCC1CCCCC1CCl)c1ccc(Br)c(O)c1. The van der Waals surface area contributed by atoms with E-state index in [4.69, 9.17) is 11.6 Å². The first kappa shape index (κ1) is 15.6. The van der Waals surface area contributed by atoms with E-state index in [2.05, 4.69) is 21.2 Å². The number of phenolic OH excluding ortho intramolecular Hbond substituents is 1. The van der Waals surface area contributed by atoms with E-state index in [0.29, 0.717) is 34.3 Å². The number of hydrogen-bond acceptors (Lipinski definition) is 2. The van der Waals surface area contributed by atoms with E-state index in [1.165, 1.54) is 18.9 Å². The molecule has 1 aromatic rings. The molecule has 3 nitrogen and oxygen atoms in total. The molecule has 1 fully saturated rings. The third-order valence-electron chi connectivity index (χ3n) is 4.00. The van der Waals surface area contributed by atoms with Crippen molar-refractivity contribution in [1.82, 2.24) is 5.32 Å². The average molecular weight is 361 g/mol. The second-order valence-electron chi connectivity index (χ2n) is 5.34. The number of benzene rings is 1. The Morgan fingerprint density at radius 1 is 1.35 bits per heavy atom. The van der Waals surface area contributed by atoms with Crippen LogP contribution in [0.1, 0.15) is 36.0 Å². The van der Waals surface area contributed by atoms with Crippen molar-refractivity contribution in [2.24, 2.45) is 11.8 Å². The number of alkyl halides is 1. The molecule has 1 saturated carbocycles. The topological polar surface area (TPSA) is 49.3 Å². The van der Waals surface area contributed by atoms with Crippen LogP contribution in [0.5, 0.6) is 5.75 Å². The lowest BCUT2D eigenvalue weighted by Gasteiger charge is -2.30. The number of carbonyl (C=O) groups is 1. The summed E-state index contributed by atoms with van der Waals surface area (Å²) in [6, 6.07) is 4.84. The van der Waals surface area contributed by atoms with Gasteiger partial charge in [-0.15, -0.1) is 11.6 Å². The van der Waals surface area contributed by atoms with Crippen LogP contribution >= 0.6 is 27.5 Å². The van der Waals surface area contributed by atoms with Gasteiger partial charge in [0.05, 0.1) is 4.47 Å². The Labute approximate surface area is 132 Å². The van der Waals surface area contributed by atoms with Crippen molar-refractivity contribution in [2.75, 3.05) is 12.4 Å². The van der Waals surface area contributed by atoms with Crippen LogP contribution in [0.25, 0.3) is 0 Å². The van der Waals surface area contributed by atoms with E-state index in [9.17, 15) is 9.90 Å². The van der Waals surface area contributed by atoms with Crippen LogP contribution in [0.4, 0.5) is 0 Å². The summed E-state index contributed by atoms with van der Waals surface area (Å²) < 4.78 is 0.587. The molecule has 0 aromatic heterocycles. The summed E-state index contributed by atoms with van der Waals surface area (Å²) in [6.07, 6.45) is 4.74. The molecule has 1 aromatic carbocycles. The summed E-state index contributed by atoms with van der Waals surface area (Å²) in [6.45, 7) is 0.660. The van der Waals surface area contributed by atoms with Gasteiger partial charge in [-0.25, -0.2) is 0 Å². The number of halogens is 2. The predicted molar refractivity (Wildman–Crippen MR) is 84.3 cm³/mol. The monoisotopic (exact) mass is 359 g/mol. The molecule has 2 unspecified atom stereocenters. The smallest absolute Gasteiger partial charge is 0.251 e. The van der Waals surface area contributed by atoms with Gasteiger partial charge in [0.25, 0.3) is 5.91 Å². The molecule has 2 N–H and O–H groups in total. The highest BCUT2D eigenvalue weighted by Gasteiger charge is 2.24. The standard InChI is InChI=1S/C15H19BrClNO2/c16-13-6-5-10(7-14(13)19)15(20)18-9-12-4-2-1-3-11(12)8-17/h5-7,11-12,19H,1-4,8-9H2,(H,18,20). The Morgan fingerprint density at radius 3 is 2.70 bits per heavy atom. The van der Waals surface area contributed by atoms with E-state index >= 15 is 0 Å². The van der Waals surface area contributed by atoms with Crippen LogP contribution in [0.15, 0.2) is 22.7 Å². The highest BCUT2D eigenvalue weighted by Crippen LogP contribution is 2.30. The highest BCUT2D eigenvalue weighted by molar-refractivity contribution is 9.10. The third-order valence-corrected chi connectivity index (χ3v) is 5.06. The molecule has 0 spiro atoms. The van der Waals surface area contributed by atoms with E-state index in [0.717, 1.165) is 12.8 Å². The maximum Gasteiger partial charge on any atom is 0.251 e. The summed E-state index contributed by atoms with van der Waals surface area (Å²) in [5.74, 6) is 1.57. The Kier molecular flexibility index (Phi) is 5.73. The minimum Gasteiger partial charge on any atom is -0.507 e. The normalized spacial score (nSPS) is 22.5. The van der Waals surface area contributed by atoms with Crippen LogP contribution < -0.4 is 5.32 Å². The summed E-state index contributed by atoms with van der Waals surface area (Å²) in [4.78, 5) is 12.1. The number of hydrogen-bond donors (Lipinski definition) is 2. The average Bonchev–Trinajstić information content (AvgIpc) is 2.47. The van der Waals surface area contributed by atoms with Gasteiger partial charge in [-0.2, -0.15) is 0 Å². The number of rotatable bonds is 4. The van der Waals surface area contributed by atoms with Gasteiger partial charge in [-0.05, 0) is 58.8 Å². The first-order valence-electron chi connectivity index (χ1n) is 6.94. The maximum atomic E-state index is 12.1. The summed E-state index contributed by atoms with van der Waals surface area (Å²) in [7, 11) is 0. The first-order chi connectivity index (χ1) is 9.61. The molecule has 0 bridgehead atoms. The lowest BCUT2D eigenvalue weighted by atomic mass is 9.80. The fourth-order valence-electron chi connectivity index (χ4n) is 2.74. The van der Waals surface area contributed by atoms with E-state index in [1.54, 1.807) is 12.1 Å². The number of nitrogens with one attached hydrogen (secondary N) is 1. The molecule has 5 heteroatoms. The van der Waals surface area contributed by atoms with Crippen LogP contribution in [-0.4, -0.2) is 23.4 Å². The number of phenols is 1. The summed E-state index contributed by atoms with van der Waals surface area (Å²) in [5, 5.41) is 12.6. The van der Waals surface area contributed by atoms with Gasteiger partial charge in [0.15, 0.2) is 0 Å². The van der Waals surface area contributed by atoms with Crippen molar-refractivity contribution in [3.63, 3.8) is 0 Å². The molecule has 1 aliphatic carbocycles. The number of aromatic hydroxyl groups is 1. The third kappa shape index (κ3) is 3.89. The molecular weight excluding hydrogens is 342 g/mol. The van der Waals surface area contributed by atoms with Gasteiger partial charge < -0.3 is 10.4 Å². The zero-order valence-corrected chi connectivity index (χ0v) is 13.6. The van der Waals surface area contributed by atoms with Crippen LogP contribution in [0, 0.1) is 11.8 Å². The van der Waals surface area contributed by atoms with Crippen molar-refractivity contribution < 1.29 is 9.90 Å². The zero-order valence-electron chi connectivity index (χ0n) is 11.2.